The van der Waals surface area contributed by atoms with Gasteiger partial charge in [-0.25, -0.2) is 0 Å². The van der Waals surface area contributed by atoms with Crippen LogP contribution in [0.3, 0.4) is 0 Å². The molecule has 0 rings (SSSR count). The van der Waals surface area contributed by atoms with Gasteiger partial charge in [0.15, 0.2) is 6.54 Å². The molecule has 3 N–H and O–H groups in total. The summed E-state index contributed by atoms with van der Waals surface area (Å²) in [5, 5.41) is 0. The van der Waals surface area contributed by atoms with Crippen LogP contribution in [0.15, 0.2) is 0 Å². The number of hydrogen-bond acceptors (Lipinski definition) is 5. The maximum atomic E-state index is 13.0. The molecule has 1 amide bonds. The lowest BCUT2D eigenvalue weighted by Crippen LogP contribution is -2.58. The highest BCUT2D eigenvalue weighted by molar-refractivity contribution is 5.77. The summed E-state index contributed by atoms with van der Waals surface area (Å²) < 4.78 is 11.4. The molecule has 2 unspecified atom stereocenters. The minimum atomic E-state index is -0.139. The molecule has 0 fully saturated rings. The lowest BCUT2D eigenvalue weighted by Gasteiger charge is -2.23. The first kappa shape index (κ1) is 43.4. The Morgan fingerprint density at radius 2 is 0.800 bits per heavy atom. The van der Waals surface area contributed by atoms with E-state index in [2.05, 4.69) is 33.4 Å². The summed E-state index contributed by atoms with van der Waals surface area (Å²) in [4.78, 5) is 40.1. The molecule has 7 heteroatoms. The molecular formula is C38H75N2O5+. The summed E-state index contributed by atoms with van der Waals surface area (Å²) in [6.45, 7) is 9.83. The Bertz CT molecular complexity index is 652. The van der Waals surface area contributed by atoms with Gasteiger partial charge in [-0.2, -0.15) is 0 Å². The van der Waals surface area contributed by atoms with Crippen molar-refractivity contribution in [1.82, 2.24) is 4.90 Å². The molecule has 0 bridgehead atoms. The Morgan fingerprint density at radius 3 is 1.13 bits per heavy atom. The molecule has 7 nitrogen and oxygen atoms in total. The normalized spacial score (nSPS) is 12.6. The predicted octanol–water partition coefficient (Wildman–Crippen LogP) is 8.82. The van der Waals surface area contributed by atoms with Crippen LogP contribution < -0.4 is 5.73 Å². The molecule has 45 heavy (non-hydrogen) atoms. The Morgan fingerprint density at radius 1 is 0.489 bits per heavy atom. The number of nitrogens with zero attached hydrogens (tertiary/aromatic N) is 1. The van der Waals surface area contributed by atoms with E-state index in [4.69, 9.17) is 9.47 Å². The molecule has 0 saturated heterocycles. The highest BCUT2D eigenvalue weighted by atomic mass is 16.5. The SMILES string of the molecule is CCCCCCCCCCC(CCCC)C(=O)OCCN(CCOC(=O)C(CCCC)CCCCCCCCCC)C(=O)C[NH3+]. The van der Waals surface area contributed by atoms with Crippen molar-refractivity contribution in [2.45, 2.75) is 182 Å². The third kappa shape index (κ3) is 25.2. The molecule has 0 radical (unpaired) electrons. The van der Waals surface area contributed by atoms with Crippen molar-refractivity contribution < 1.29 is 29.6 Å². The summed E-state index contributed by atoms with van der Waals surface area (Å²) >= 11 is 0. The van der Waals surface area contributed by atoms with E-state index in [1.54, 1.807) is 4.90 Å². The smallest absolute Gasteiger partial charge is 0.308 e. The van der Waals surface area contributed by atoms with E-state index < -0.39 is 0 Å². The molecule has 0 aromatic rings. The van der Waals surface area contributed by atoms with E-state index in [1.165, 1.54) is 89.9 Å². The summed E-state index contributed by atoms with van der Waals surface area (Å²) in [5.41, 5.74) is 3.75. The molecule has 0 saturated carbocycles. The minimum absolute atomic E-state index is 0.0656. The van der Waals surface area contributed by atoms with E-state index >= 15 is 0 Å². The average Bonchev–Trinajstić information content (AvgIpc) is 3.04. The van der Waals surface area contributed by atoms with Crippen molar-refractivity contribution in [2.75, 3.05) is 32.8 Å². The first-order chi connectivity index (χ1) is 21.9. The molecule has 0 aromatic heterocycles. The Labute approximate surface area is 278 Å². The number of carbonyl (C=O) groups is 3. The summed E-state index contributed by atoms with van der Waals surface area (Å²) in [6, 6.07) is 0. The van der Waals surface area contributed by atoms with Crippen LogP contribution >= 0.6 is 0 Å². The monoisotopic (exact) mass is 640 g/mol. The highest BCUT2D eigenvalue weighted by Crippen LogP contribution is 2.21. The summed E-state index contributed by atoms with van der Waals surface area (Å²) in [7, 11) is 0. The number of quaternary nitrogens is 1. The number of esters is 2. The van der Waals surface area contributed by atoms with Crippen molar-refractivity contribution in [3.8, 4) is 0 Å². The van der Waals surface area contributed by atoms with Gasteiger partial charge in [0.2, 0.25) is 0 Å². The zero-order valence-corrected chi connectivity index (χ0v) is 30.4. The predicted molar refractivity (Wildman–Crippen MR) is 187 cm³/mol. The third-order valence-electron chi connectivity index (χ3n) is 9.07. The zero-order valence-electron chi connectivity index (χ0n) is 30.4. The fourth-order valence-electron chi connectivity index (χ4n) is 5.98. The number of amides is 1. The van der Waals surface area contributed by atoms with Gasteiger partial charge in [-0.3, -0.25) is 14.4 Å². The van der Waals surface area contributed by atoms with E-state index in [1.807, 2.05) is 0 Å². The van der Waals surface area contributed by atoms with Gasteiger partial charge in [0.1, 0.15) is 13.2 Å². The second kappa shape index (κ2) is 32.3. The molecule has 0 spiro atoms. The second-order valence-electron chi connectivity index (χ2n) is 13.2. The van der Waals surface area contributed by atoms with Gasteiger partial charge in [0, 0.05) is 0 Å². The van der Waals surface area contributed by atoms with Crippen molar-refractivity contribution in [3.63, 3.8) is 0 Å². The number of carbonyl (C=O) groups excluding carboxylic acids is 3. The van der Waals surface area contributed by atoms with E-state index in [-0.39, 0.29) is 49.4 Å². The molecular weight excluding hydrogens is 564 g/mol. The van der Waals surface area contributed by atoms with E-state index in [9.17, 15) is 14.4 Å². The van der Waals surface area contributed by atoms with Crippen LogP contribution in [0, 0.1) is 11.8 Å². The van der Waals surface area contributed by atoms with Crippen LogP contribution in [0.1, 0.15) is 182 Å². The van der Waals surface area contributed by atoms with Gasteiger partial charge in [-0.05, 0) is 25.7 Å². The summed E-state index contributed by atoms with van der Waals surface area (Å²) in [5.74, 6) is -0.530. The molecule has 0 heterocycles. The van der Waals surface area contributed by atoms with Crippen LogP contribution in [-0.4, -0.2) is 55.6 Å². The average molecular weight is 640 g/mol. The lowest BCUT2D eigenvalue weighted by molar-refractivity contribution is -0.357. The van der Waals surface area contributed by atoms with Crippen LogP contribution in [-0.2, 0) is 23.9 Å². The van der Waals surface area contributed by atoms with Crippen LogP contribution in [0.2, 0.25) is 0 Å². The van der Waals surface area contributed by atoms with E-state index in [0.29, 0.717) is 13.1 Å². The molecule has 0 aromatic carbocycles. The topological polar surface area (TPSA) is 101 Å². The Kier molecular flexibility index (Phi) is 31.1. The van der Waals surface area contributed by atoms with Crippen molar-refractivity contribution in [2.24, 2.45) is 11.8 Å². The maximum Gasteiger partial charge on any atom is 0.308 e. The van der Waals surface area contributed by atoms with Gasteiger partial charge >= 0.3 is 11.9 Å². The van der Waals surface area contributed by atoms with Crippen LogP contribution in [0.25, 0.3) is 0 Å². The fourth-order valence-corrected chi connectivity index (χ4v) is 5.98. The fraction of sp³-hybridized carbons (Fsp3) is 0.921. The molecule has 266 valence electrons. The zero-order chi connectivity index (χ0) is 33.4. The van der Waals surface area contributed by atoms with Crippen molar-refractivity contribution in [3.05, 3.63) is 0 Å². The first-order valence-electron chi connectivity index (χ1n) is 19.3. The third-order valence-corrected chi connectivity index (χ3v) is 9.07. The van der Waals surface area contributed by atoms with Gasteiger partial charge < -0.3 is 20.1 Å². The molecule has 2 atom stereocenters. The van der Waals surface area contributed by atoms with Crippen LogP contribution in [0.5, 0.6) is 0 Å². The number of unbranched alkanes of at least 4 members (excludes halogenated alkanes) is 16. The van der Waals surface area contributed by atoms with Gasteiger partial charge in [-0.15, -0.1) is 0 Å². The standard InChI is InChI=1S/C38H74N2O5/c1-5-9-13-15-17-19-21-23-27-34(25-11-7-3)37(42)44-31-29-40(36(41)33-39)30-32-45-38(43)35(26-12-8-4)28-24-22-20-18-16-14-10-6-2/h34-35H,5-33,39H2,1-4H3/p+1. The van der Waals surface area contributed by atoms with Crippen LogP contribution in [0.4, 0.5) is 0 Å². The second-order valence-corrected chi connectivity index (χ2v) is 13.2. The number of rotatable bonds is 33. The maximum absolute atomic E-state index is 13.0. The van der Waals surface area contributed by atoms with Gasteiger partial charge in [-0.1, -0.05) is 156 Å². The first-order valence-corrected chi connectivity index (χ1v) is 19.3. The number of ether oxygens (including phenoxy) is 2. The van der Waals surface area contributed by atoms with E-state index in [0.717, 1.165) is 64.2 Å². The van der Waals surface area contributed by atoms with Gasteiger partial charge in [0.05, 0.1) is 24.9 Å². The molecule has 0 aliphatic heterocycles. The lowest BCUT2D eigenvalue weighted by atomic mass is 9.95. The molecule has 0 aliphatic carbocycles. The highest BCUT2D eigenvalue weighted by Gasteiger charge is 2.22. The quantitative estimate of drug-likeness (QED) is 0.0571. The summed E-state index contributed by atoms with van der Waals surface area (Å²) in [6.07, 6.45) is 27.7. The largest absolute Gasteiger partial charge is 0.464 e. The molecule has 0 aliphatic rings. The number of hydrogen-bond donors (Lipinski definition) is 1. The van der Waals surface area contributed by atoms with Crippen molar-refractivity contribution in [1.29, 1.82) is 0 Å². The Balaban J connectivity index is 4.61. The van der Waals surface area contributed by atoms with Gasteiger partial charge in [0.25, 0.3) is 5.91 Å². The minimum Gasteiger partial charge on any atom is -0.464 e. The Hall–Kier alpha value is -1.63. The van der Waals surface area contributed by atoms with Crippen molar-refractivity contribution >= 4 is 17.8 Å².